The molecule has 0 saturated carbocycles. The third kappa shape index (κ3) is 4.92. The monoisotopic (exact) mass is 421 g/mol. The van der Waals surface area contributed by atoms with Gasteiger partial charge in [-0.2, -0.15) is 29.6 Å². The Morgan fingerprint density at radius 1 is 1.28 bits per heavy atom. The number of nitrogens with one attached hydrogen (secondary N) is 1. The number of hydrogen-bond acceptors (Lipinski definition) is 4. The van der Waals surface area contributed by atoms with Crippen LogP contribution in [0.1, 0.15) is 34.2 Å². The van der Waals surface area contributed by atoms with Gasteiger partial charge in [0.25, 0.3) is 5.91 Å². The van der Waals surface area contributed by atoms with E-state index in [1.165, 1.54) is 25.1 Å². The molecule has 0 aliphatic rings. The molecule has 1 unspecified atom stereocenters. The Kier molecular flexibility index (Phi) is 5.88. The highest BCUT2D eigenvalue weighted by molar-refractivity contribution is 7.07. The first-order valence-corrected chi connectivity index (χ1v) is 9.70. The van der Waals surface area contributed by atoms with Crippen LogP contribution in [0.5, 0.6) is 0 Å². The highest BCUT2D eigenvalue weighted by Crippen LogP contribution is 2.30. The molecule has 2 heterocycles. The lowest BCUT2D eigenvalue weighted by Crippen LogP contribution is -2.38. The predicted molar refractivity (Wildman–Crippen MR) is 105 cm³/mol. The quantitative estimate of drug-likeness (QED) is 0.678. The Labute approximate surface area is 168 Å². The summed E-state index contributed by atoms with van der Waals surface area (Å²) >= 11 is 1.54. The van der Waals surface area contributed by atoms with Crippen LogP contribution in [0.3, 0.4) is 0 Å². The van der Waals surface area contributed by atoms with Crippen LogP contribution in [0.15, 0.2) is 52.0 Å². The molecule has 0 bridgehead atoms. The molecule has 9 heteroatoms. The molecule has 0 aliphatic heterocycles. The molecule has 3 rings (SSSR count). The van der Waals surface area contributed by atoms with E-state index in [-0.39, 0.29) is 17.4 Å². The number of alkyl halides is 3. The van der Waals surface area contributed by atoms with E-state index in [9.17, 15) is 22.8 Å². The number of amides is 1. The predicted octanol–water partition coefficient (Wildman–Crippen LogP) is 3.98. The van der Waals surface area contributed by atoms with Gasteiger partial charge in [0, 0.05) is 17.8 Å². The molecule has 1 aromatic carbocycles. The number of carbonyl (C=O) groups is 1. The fourth-order valence-corrected chi connectivity index (χ4v) is 3.57. The summed E-state index contributed by atoms with van der Waals surface area (Å²) < 4.78 is 40.2. The summed E-state index contributed by atoms with van der Waals surface area (Å²) in [6.07, 6.45) is -3.93. The summed E-state index contributed by atoms with van der Waals surface area (Å²) in [6, 6.07) is 7.43. The first-order valence-electron chi connectivity index (χ1n) is 8.75. The molecule has 0 spiro atoms. The van der Waals surface area contributed by atoms with Crippen molar-refractivity contribution in [1.29, 1.82) is 0 Å². The SMILES string of the molecule is Cc1cc(=O)c(C(=O)NC(C)Cc2ccsc2)nn1-c1cccc(C(F)(F)F)c1. The molecule has 29 heavy (non-hydrogen) atoms. The highest BCUT2D eigenvalue weighted by atomic mass is 32.1. The molecule has 5 nitrogen and oxygen atoms in total. The average Bonchev–Trinajstić information content (AvgIpc) is 3.13. The Balaban J connectivity index is 1.90. The third-order valence-corrected chi connectivity index (χ3v) is 4.97. The third-order valence-electron chi connectivity index (χ3n) is 4.24. The van der Waals surface area contributed by atoms with Crippen molar-refractivity contribution >= 4 is 17.2 Å². The van der Waals surface area contributed by atoms with Crippen LogP contribution in [-0.4, -0.2) is 21.7 Å². The first-order chi connectivity index (χ1) is 13.6. The van der Waals surface area contributed by atoms with Gasteiger partial charge in [0.05, 0.1) is 11.3 Å². The number of benzene rings is 1. The van der Waals surface area contributed by atoms with Crippen molar-refractivity contribution in [2.75, 3.05) is 0 Å². The summed E-state index contributed by atoms with van der Waals surface area (Å²) in [7, 11) is 0. The Hall–Kier alpha value is -2.94. The number of aryl methyl sites for hydroxylation is 1. The van der Waals surface area contributed by atoms with Crippen LogP contribution in [0.4, 0.5) is 13.2 Å². The molecule has 2 aromatic heterocycles. The van der Waals surface area contributed by atoms with Crippen molar-refractivity contribution in [2.45, 2.75) is 32.5 Å². The fraction of sp³-hybridized carbons (Fsp3) is 0.250. The van der Waals surface area contributed by atoms with E-state index in [0.717, 1.165) is 22.4 Å². The van der Waals surface area contributed by atoms with Gasteiger partial charge in [0.2, 0.25) is 5.43 Å². The zero-order valence-electron chi connectivity index (χ0n) is 15.7. The van der Waals surface area contributed by atoms with E-state index in [0.29, 0.717) is 12.1 Å². The summed E-state index contributed by atoms with van der Waals surface area (Å²) in [5, 5.41) is 10.7. The van der Waals surface area contributed by atoms with Gasteiger partial charge >= 0.3 is 6.18 Å². The van der Waals surface area contributed by atoms with Gasteiger partial charge in [-0.1, -0.05) is 6.07 Å². The minimum atomic E-state index is -4.51. The van der Waals surface area contributed by atoms with Crippen LogP contribution in [0, 0.1) is 6.92 Å². The van der Waals surface area contributed by atoms with Gasteiger partial charge < -0.3 is 5.32 Å². The van der Waals surface area contributed by atoms with E-state index in [1.807, 2.05) is 16.8 Å². The van der Waals surface area contributed by atoms with Crippen molar-refractivity contribution in [3.05, 3.63) is 79.9 Å². The first kappa shape index (κ1) is 20.8. The number of aromatic nitrogens is 2. The minimum absolute atomic E-state index is 0.109. The van der Waals surface area contributed by atoms with E-state index >= 15 is 0 Å². The lowest BCUT2D eigenvalue weighted by Gasteiger charge is -2.15. The number of halogens is 3. The number of carbonyl (C=O) groups excluding carboxylic acids is 1. The second-order valence-electron chi connectivity index (χ2n) is 6.67. The summed E-state index contributed by atoms with van der Waals surface area (Å²) in [6.45, 7) is 3.34. The van der Waals surface area contributed by atoms with E-state index in [4.69, 9.17) is 0 Å². The van der Waals surface area contributed by atoms with Gasteiger partial charge in [-0.25, -0.2) is 4.68 Å². The molecular formula is C20H18F3N3O2S. The van der Waals surface area contributed by atoms with Crippen LogP contribution < -0.4 is 10.7 Å². The maximum Gasteiger partial charge on any atom is 0.416 e. The standard InChI is InChI=1S/C20H18F3N3O2S/c1-12(8-14-6-7-29-11-14)24-19(28)18-17(27)9-13(2)26(25-18)16-5-3-4-15(10-16)20(21,22)23/h3-7,9-12H,8H2,1-2H3,(H,24,28). The number of thiophene rings is 1. The average molecular weight is 421 g/mol. The molecule has 1 N–H and O–H groups in total. The molecule has 1 amide bonds. The van der Waals surface area contributed by atoms with Crippen molar-refractivity contribution in [3.63, 3.8) is 0 Å². The molecular weight excluding hydrogens is 403 g/mol. The van der Waals surface area contributed by atoms with Gasteiger partial charge in [0.1, 0.15) is 0 Å². The van der Waals surface area contributed by atoms with Crippen molar-refractivity contribution in [1.82, 2.24) is 15.1 Å². The van der Waals surface area contributed by atoms with Crippen molar-refractivity contribution in [2.24, 2.45) is 0 Å². The molecule has 1 atom stereocenters. The largest absolute Gasteiger partial charge is 0.416 e. The van der Waals surface area contributed by atoms with E-state index in [1.54, 1.807) is 18.3 Å². The van der Waals surface area contributed by atoms with E-state index < -0.39 is 23.1 Å². The van der Waals surface area contributed by atoms with Gasteiger partial charge in [0.15, 0.2) is 5.69 Å². The topological polar surface area (TPSA) is 64.0 Å². The van der Waals surface area contributed by atoms with Crippen molar-refractivity contribution in [3.8, 4) is 5.69 Å². The smallest absolute Gasteiger partial charge is 0.348 e. The number of nitrogens with zero attached hydrogens (tertiary/aromatic N) is 2. The van der Waals surface area contributed by atoms with E-state index in [2.05, 4.69) is 10.4 Å². The van der Waals surface area contributed by atoms with Gasteiger partial charge in [-0.05, 0) is 60.9 Å². The Morgan fingerprint density at radius 3 is 2.69 bits per heavy atom. The maximum absolute atomic E-state index is 13.0. The Bertz CT molecular complexity index is 1080. The Morgan fingerprint density at radius 2 is 2.03 bits per heavy atom. The zero-order chi connectivity index (χ0) is 21.2. The maximum atomic E-state index is 13.0. The molecule has 3 aromatic rings. The van der Waals surface area contributed by atoms with Crippen LogP contribution in [-0.2, 0) is 12.6 Å². The minimum Gasteiger partial charge on any atom is -0.348 e. The van der Waals surface area contributed by atoms with Crippen LogP contribution in [0.2, 0.25) is 0 Å². The molecule has 0 fully saturated rings. The molecule has 0 radical (unpaired) electrons. The van der Waals surface area contributed by atoms with Crippen LogP contribution in [0.25, 0.3) is 5.69 Å². The lowest BCUT2D eigenvalue weighted by molar-refractivity contribution is -0.137. The van der Waals surface area contributed by atoms with Crippen LogP contribution >= 0.6 is 11.3 Å². The summed E-state index contributed by atoms with van der Waals surface area (Å²) in [4.78, 5) is 24.8. The summed E-state index contributed by atoms with van der Waals surface area (Å²) in [5.41, 5.74) is -0.322. The summed E-state index contributed by atoms with van der Waals surface area (Å²) in [5.74, 6) is -0.668. The molecule has 0 saturated heterocycles. The number of rotatable bonds is 5. The highest BCUT2D eigenvalue weighted by Gasteiger charge is 2.30. The molecule has 0 aliphatic carbocycles. The zero-order valence-corrected chi connectivity index (χ0v) is 16.5. The lowest BCUT2D eigenvalue weighted by atomic mass is 10.1. The second kappa shape index (κ2) is 8.20. The number of hydrogen-bond donors (Lipinski definition) is 1. The van der Waals surface area contributed by atoms with Gasteiger partial charge in [-0.3, -0.25) is 9.59 Å². The second-order valence-corrected chi connectivity index (χ2v) is 7.45. The fourth-order valence-electron chi connectivity index (χ4n) is 2.89. The normalized spacial score (nSPS) is 12.6. The van der Waals surface area contributed by atoms with Gasteiger partial charge in [-0.15, -0.1) is 0 Å². The van der Waals surface area contributed by atoms with Crippen molar-refractivity contribution < 1.29 is 18.0 Å². The molecule has 152 valence electrons.